The molecule has 4 rings (SSSR count). The fourth-order valence-corrected chi connectivity index (χ4v) is 4.72. The van der Waals surface area contributed by atoms with Gasteiger partial charge in [-0.3, -0.25) is 4.98 Å². The van der Waals surface area contributed by atoms with Gasteiger partial charge in [-0.1, -0.05) is 60.2 Å². The molecule has 1 aromatic heterocycles. The molecule has 1 atom stereocenters. The number of aliphatic carboxylic acids is 1. The highest BCUT2D eigenvalue weighted by Crippen LogP contribution is 2.40. The quantitative estimate of drug-likeness (QED) is 0.460. The molecule has 7 heteroatoms. The first-order valence-electron chi connectivity index (χ1n) is 12.6. The standard InChI is InChI=1S/C30H35N3O4/c1-19-11-13-22(14-12-19)26-23-18-33(29(36)31-17-21-9-7-6-8-10-21)16-15-24(23)32-20(2)25(26)27(28(34)35)37-30(3,4)5/h6-14,27H,15-18H2,1-5H3,(H,31,36)(H,34,35). The van der Waals surface area contributed by atoms with E-state index >= 15 is 0 Å². The van der Waals surface area contributed by atoms with E-state index in [-0.39, 0.29) is 6.03 Å². The van der Waals surface area contributed by atoms with Crippen molar-refractivity contribution >= 4 is 12.0 Å². The summed E-state index contributed by atoms with van der Waals surface area (Å²) in [6.07, 6.45) is -0.609. The highest BCUT2D eigenvalue weighted by atomic mass is 16.5. The van der Waals surface area contributed by atoms with Gasteiger partial charge in [0, 0.05) is 48.6 Å². The Bertz CT molecular complexity index is 1280. The van der Waals surface area contributed by atoms with Crippen molar-refractivity contribution in [2.24, 2.45) is 0 Å². The van der Waals surface area contributed by atoms with Crippen LogP contribution in [0.25, 0.3) is 11.1 Å². The summed E-state index contributed by atoms with van der Waals surface area (Å²) >= 11 is 0. The first kappa shape index (κ1) is 26.4. The maximum Gasteiger partial charge on any atom is 0.337 e. The molecule has 2 N–H and O–H groups in total. The van der Waals surface area contributed by atoms with Gasteiger partial charge in [-0.15, -0.1) is 0 Å². The largest absolute Gasteiger partial charge is 0.479 e. The van der Waals surface area contributed by atoms with Crippen molar-refractivity contribution in [2.45, 2.75) is 65.8 Å². The van der Waals surface area contributed by atoms with Crippen molar-refractivity contribution in [1.82, 2.24) is 15.2 Å². The van der Waals surface area contributed by atoms with Crippen molar-refractivity contribution in [3.63, 3.8) is 0 Å². The van der Waals surface area contributed by atoms with E-state index < -0.39 is 17.7 Å². The van der Waals surface area contributed by atoms with Gasteiger partial charge < -0.3 is 20.1 Å². The van der Waals surface area contributed by atoms with Crippen LogP contribution in [0.5, 0.6) is 0 Å². The lowest BCUT2D eigenvalue weighted by Crippen LogP contribution is -2.43. The number of hydrogen-bond acceptors (Lipinski definition) is 4. The topological polar surface area (TPSA) is 91.8 Å². The number of urea groups is 1. The Morgan fingerprint density at radius 3 is 2.38 bits per heavy atom. The van der Waals surface area contributed by atoms with Crippen molar-refractivity contribution in [3.8, 4) is 11.1 Å². The first-order chi connectivity index (χ1) is 17.5. The van der Waals surface area contributed by atoms with Crippen molar-refractivity contribution in [1.29, 1.82) is 0 Å². The molecule has 0 aliphatic carbocycles. The Morgan fingerprint density at radius 1 is 1.08 bits per heavy atom. The zero-order chi connectivity index (χ0) is 26.7. The molecule has 2 aromatic carbocycles. The van der Waals surface area contributed by atoms with Crippen LogP contribution in [0.3, 0.4) is 0 Å². The highest BCUT2D eigenvalue weighted by molar-refractivity contribution is 5.83. The summed E-state index contributed by atoms with van der Waals surface area (Å²) in [5.74, 6) is -1.07. The molecule has 0 radical (unpaired) electrons. The molecule has 0 bridgehead atoms. The Kier molecular flexibility index (Phi) is 7.64. The Hall–Kier alpha value is -3.71. The minimum atomic E-state index is -1.20. The number of pyridine rings is 1. The van der Waals surface area contributed by atoms with E-state index in [9.17, 15) is 14.7 Å². The number of carbonyl (C=O) groups is 2. The van der Waals surface area contributed by atoms with Crippen LogP contribution in [-0.2, 0) is 29.0 Å². The highest BCUT2D eigenvalue weighted by Gasteiger charge is 2.35. The van der Waals surface area contributed by atoms with Gasteiger partial charge in [-0.25, -0.2) is 9.59 Å². The van der Waals surface area contributed by atoms with Crippen LogP contribution < -0.4 is 5.32 Å². The second-order valence-electron chi connectivity index (χ2n) is 10.5. The second-order valence-corrected chi connectivity index (χ2v) is 10.5. The van der Waals surface area contributed by atoms with Gasteiger partial charge in [0.1, 0.15) is 0 Å². The number of nitrogens with one attached hydrogen (secondary N) is 1. The van der Waals surface area contributed by atoms with Crippen molar-refractivity contribution in [3.05, 3.63) is 88.2 Å². The van der Waals surface area contributed by atoms with Gasteiger partial charge in [0.15, 0.2) is 6.10 Å². The number of carboxylic acid groups (broad SMARTS) is 1. The molecular formula is C30H35N3O4. The van der Waals surface area contributed by atoms with E-state index in [1.54, 1.807) is 4.90 Å². The number of fused-ring (bicyclic) bond motifs is 1. The fourth-order valence-electron chi connectivity index (χ4n) is 4.72. The van der Waals surface area contributed by atoms with E-state index in [1.165, 1.54) is 0 Å². The third kappa shape index (κ3) is 6.17. The number of aryl methyl sites for hydroxylation is 2. The van der Waals surface area contributed by atoms with Crippen molar-refractivity contribution in [2.75, 3.05) is 6.54 Å². The number of hydrogen-bond donors (Lipinski definition) is 2. The zero-order valence-electron chi connectivity index (χ0n) is 22.2. The average molecular weight is 502 g/mol. The number of aromatic nitrogens is 1. The van der Waals surface area contributed by atoms with Crippen LogP contribution in [0, 0.1) is 13.8 Å². The van der Waals surface area contributed by atoms with E-state index in [0.717, 1.165) is 33.5 Å². The molecule has 0 saturated heterocycles. The summed E-state index contributed by atoms with van der Waals surface area (Å²) in [6.45, 7) is 10.7. The van der Waals surface area contributed by atoms with Crippen LogP contribution in [-0.4, -0.2) is 39.1 Å². The van der Waals surface area contributed by atoms with Gasteiger partial charge in [0.2, 0.25) is 0 Å². The van der Waals surface area contributed by atoms with Gasteiger partial charge in [0.25, 0.3) is 0 Å². The van der Waals surface area contributed by atoms with Gasteiger partial charge in [0.05, 0.1) is 5.60 Å². The minimum absolute atomic E-state index is 0.160. The molecule has 1 aliphatic rings. The van der Waals surface area contributed by atoms with E-state index in [1.807, 2.05) is 89.2 Å². The van der Waals surface area contributed by atoms with Gasteiger partial charge in [-0.2, -0.15) is 0 Å². The van der Waals surface area contributed by atoms with E-state index in [0.29, 0.717) is 37.3 Å². The predicted octanol–water partition coefficient (Wildman–Crippen LogP) is 5.57. The number of benzene rings is 2. The lowest BCUT2D eigenvalue weighted by molar-refractivity contribution is -0.160. The molecule has 1 aliphatic heterocycles. The number of rotatable bonds is 6. The van der Waals surface area contributed by atoms with Gasteiger partial charge in [-0.05, 0) is 51.3 Å². The van der Waals surface area contributed by atoms with Crippen LogP contribution in [0.4, 0.5) is 4.79 Å². The first-order valence-corrected chi connectivity index (χ1v) is 12.6. The molecule has 0 saturated carbocycles. The molecule has 0 fully saturated rings. The summed E-state index contributed by atoms with van der Waals surface area (Å²) in [5.41, 5.74) is 6.06. The lowest BCUT2D eigenvalue weighted by Gasteiger charge is -2.33. The minimum Gasteiger partial charge on any atom is -0.479 e. The fraction of sp³-hybridized carbons (Fsp3) is 0.367. The normalized spacial score (nSPS) is 14.1. The molecule has 37 heavy (non-hydrogen) atoms. The molecule has 1 unspecified atom stereocenters. The van der Waals surface area contributed by atoms with Gasteiger partial charge >= 0.3 is 12.0 Å². The van der Waals surface area contributed by atoms with Crippen LogP contribution in [0.1, 0.15) is 60.5 Å². The summed E-state index contributed by atoms with van der Waals surface area (Å²) in [5, 5.41) is 13.2. The van der Waals surface area contributed by atoms with E-state index in [4.69, 9.17) is 9.72 Å². The summed E-state index contributed by atoms with van der Waals surface area (Å²) in [7, 11) is 0. The van der Waals surface area contributed by atoms with Crippen LogP contribution in [0.2, 0.25) is 0 Å². The molecule has 3 aromatic rings. The maximum absolute atomic E-state index is 13.1. The Balaban J connectivity index is 1.76. The van der Waals surface area contributed by atoms with E-state index in [2.05, 4.69) is 5.32 Å². The third-order valence-electron chi connectivity index (χ3n) is 6.45. The molecule has 2 amide bonds. The third-order valence-corrected chi connectivity index (χ3v) is 6.45. The monoisotopic (exact) mass is 501 g/mol. The average Bonchev–Trinajstić information content (AvgIpc) is 2.85. The summed E-state index contributed by atoms with van der Waals surface area (Å²) < 4.78 is 6.07. The van der Waals surface area contributed by atoms with Crippen LogP contribution >= 0.6 is 0 Å². The Labute approximate surface area is 218 Å². The number of ether oxygens (including phenoxy) is 1. The molecule has 7 nitrogen and oxygen atoms in total. The van der Waals surface area contributed by atoms with Crippen LogP contribution in [0.15, 0.2) is 54.6 Å². The number of amides is 2. The molecule has 194 valence electrons. The molecule has 2 heterocycles. The number of carbonyl (C=O) groups excluding carboxylic acids is 1. The summed E-state index contributed by atoms with van der Waals surface area (Å²) in [4.78, 5) is 32.2. The Morgan fingerprint density at radius 2 is 1.76 bits per heavy atom. The lowest BCUT2D eigenvalue weighted by atomic mass is 9.87. The summed E-state index contributed by atoms with van der Waals surface area (Å²) in [6, 6.07) is 17.6. The SMILES string of the molecule is Cc1ccc(-c2c3c(nc(C)c2C(OC(C)(C)C)C(=O)O)CCN(C(=O)NCc2ccccc2)C3)cc1. The molecule has 0 spiro atoms. The second kappa shape index (κ2) is 10.7. The molecular weight excluding hydrogens is 466 g/mol. The zero-order valence-corrected chi connectivity index (χ0v) is 22.2. The number of carboxylic acids is 1. The predicted molar refractivity (Wildman–Crippen MR) is 143 cm³/mol. The smallest absolute Gasteiger partial charge is 0.337 e. The number of nitrogens with zero attached hydrogens (tertiary/aromatic N) is 2. The van der Waals surface area contributed by atoms with Crippen molar-refractivity contribution < 1.29 is 19.4 Å². The maximum atomic E-state index is 13.1.